The van der Waals surface area contributed by atoms with Gasteiger partial charge >= 0.3 is 5.97 Å². The molecule has 0 radical (unpaired) electrons. The molecule has 0 spiro atoms. The molecule has 3 nitrogen and oxygen atoms in total. The van der Waals surface area contributed by atoms with Crippen LogP contribution >= 0.6 is 0 Å². The molecule has 0 amide bonds. The molecule has 0 atom stereocenters. The highest BCUT2D eigenvalue weighted by molar-refractivity contribution is 5.85. The molecule has 0 saturated carbocycles. The highest BCUT2D eigenvalue weighted by Crippen LogP contribution is 2.19. The average Bonchev–Trinajstić information content (AvgIpc) is 2.35. The van der Waals surface area contributed by atoms with E-state index in [1.807, 2.05) is 20.8 Å². The molecule has 0 bridgehead atoms. The molecule has 0 heterocycles. The van der Waals surface area contributed by atoms with Crippen molar-refractivity contribution in [1.29, 1.82) is 0 Å². The quantitative estimate of drug-likeness (QED) is 0.800. The van der Waals surface area contributed by atoms with E-state index in [2.05, 4.69) is 0 Å². The molecule has 1 N–H and O–H groups in total. The van der Waals surface area contributed by atoms with Crippen LogP contribution < -0.4 is 0 Å². The fraction of sp³-hybridized carbons (Fsp3) is 0.400. The Kier molecular flexibility index (Phi) is 5.24. The number of aliphatic carboxylic acids is 1. The molecule has 0 aliphatic heterocycles. The third kappa shape index (κ3) is 5.22. The fourth-order valence-electron chi connectivity index (χ4n) is 1.33. The summed E-state index contributed by atoms with van der Waals surface area (Å²) < 4.78 is 19.4. The lowest BCUT2D eigenvalue weighted by Crippen LogP contribution is -2.22. The number of carbonyl (C=O) groups is 1. The van der Waals surface area contributed by atoms with Crippen LogP contribution in [0.15, 0.2) is 24.3 Å². The van der Waals surface area contributed by atoms with Gasteiger partial charge in [0.05, 0.1) is 12.2 Å². The van der Waals surface area contributed by atoms with Gasteiger partial charge in [0.1, 0.15) is 5.82 Å². The highest BCUT2D eigenvalue weighted by atomic mass is 19.1. The highest BCUT2D eigenvalue weighted by Gasteiger charge is 2.16. The topological polar surface area (TPSA) is 46.5 Å². The molecule has 0 saturated heterocycles. The second-order valence-electron chi connectivity index (χ2n) is 4.92. The van der Waals surface area contributed by atoms with Crippen molar-refractivity contribution in [2.24, 2.45) is 0 Å². The Labute approximate surface area is 112 Å². The maximum Gasteiger partial charge on any atom is 0.328 e. The van der Waals surface area contributed by atoms with E-state index in [9.17, 15) is 9.18 Å². The zero-order valence-corrected chi connectivity index (χ0v) is 11.4. The SMILES string of the molecule is CCC(C)(C)OCc1ccc(/C=C/C(=O)O)cc1F. The van der Waals surface area contributed by atoms with E-state index < -0.39 is 5.97 Å². The van der Waals surface area contributed by atoms with Gasteiger partial charge in [-0.3, -0.25) is 0 Å². The van der Waals surface area contributed by atoms with Gasteiger partial charge in [-0.1, -0.05) is 19.1 Å². The Balaban J connectivity index is 2.75. The second kappa shape index (κ2) is 6.48. The van der Waals surface area contributed by atoms with Crippen LogP contribution in [0.4, 0.5) is 4.39 Å². The van der Waals surface area contributed by atoms with Crippen molar-refractivity contribution >= 4 is 12.0 Å². The standard InChI is InChI=1S/C15H19FO3/c1-4-15(2,3)19-10-12-7-5-11(9-13(12)16)6-8-14(17)18/h5-9H,4,10H2,1-3H3,(H,17,18)/b8-6+. The first kappa shape index (κ1) is 15.4. The fourth-order valence-corrected chi connectivity index (χ4v) is 1.33. The summed E-state index contributed by atoms with van der Waals surface area (Å²) in [5, 5.41) is 8.50. The Hall–Kier alpha value is -1.68. The minimum Gasteiger partial charge on any atom is -0.478 e. The molecule has 0 aliphatic carbocycles. The van der Waals surface area contributed by atoms with Crippen LogP contribution in [0.2, 0.25) is 0 Å². The van der Waals surface area contributed by atoms with Crippen molar-refractivity contribution in [2.45, 2.75) is 39.4 Å². The Morgan fingerprint density at radius 2 is 2.16 bits per heavy atom. The van der Waals surface area contributed by atoms with Gasteiger partial charge in [0.2, 0.25) is 0 Å². The second-order valence-corrected chi connectivity index (χ2v) is 4.92. The number of hydrogen-bond donors (Lipinski definition) is 1. The van der Waals surface area contributed by atoms with E-state index in [4.69, 9.17) is 9.84 Å². The lowest BCUT2D eigenvalue weighted by atomic mass is 10.1. The molecule has 104 valence electrons. The van der Waals surface area contributed by atoms with E-state index in [0.29, 0.717) is 11.1 Å². The molecule has 0 aliphatic rings. The summed E-state index contributed by atoms with van der Waals surface area (Å²) in [6.07, 6.45) is 3.17. The van der Waals surface area contributed by atoms with Crippen LogP contribution in [0.3, 0.4) is 0 Å². The summed E-state index contributed by atoms with van der Waals surface area (Å²) in [5.74, 6) is -1.45. The van der Waals surface area contributed by atoms with Crippen LogP contribution in [0.1, 0.15) is 38.3 Å². The number of hydrogen-bond acceptors (Lipinski definition) is 2. The third-order valence-electron chi connectivity index (χ3n) is 2.97. The summed E-state index contributed by atoms with van der Waals surface area (Å²) in [4.78, 5) is 10.4. The molecular formula is C15H19FO3. The van der Waals surface area contributed by atoms with Crippen molar-refractivity contribution in [1.82, 2.24) is 0 Å². The van der Waals surface area contributed by atoms with E-state index in [1.165, 1.54) is 12.1 Å². The molecule has 1 aromatic carbocycles. The van der Waals surface area contributed by atoms with Crippen LogP contribution in [0, 0.1) is 5.82 Å². The van der Waals surface area contributed by atoms with Gasteiger partial charge in [-0.25, -0.2) is 9.18 Å². The molecular weight excluding hydrogens is 247 g/mol. The molecule has 1 aromatic rings. The average molecular weight is 266 g/mol. The molecule has 0 aromatic heterocycles. The van der Waals surface area contributed by atoms with Gasteiger partial charge in [-0.05, 0) is 38.0 Å². The van der Waals surface area contributed by atoms with E-state index in [0.717, 1.165) is 12.5 Å². The van der Waals surface area contributed by atoms with Gasteiger partial charge in [0.15, 0.2) is 0 Å². The first-order valence-corrected chi connectivity index (χ1v) is 6.17. The molecule has 19 heavy (non-hydrogen) atoms. The van der Waals surface area contributed by atoms with Crippen molar-refractivity contribution in [3.63, 3.8) is 0 Å². The minimum absolute atomic E-state index is 0.204. The third-order valence-corrected chi connectivity index (χ3v) is 2.97. The number of halogens is 1. The number of carboxylic acids is 1. The number of ether oxygens (including phenoxy) is 1. The van der Waals surface area contributed by atoms with Crippen LogP contribution in [0.25, 0.3) is 6.08 Å². The number of benzene rings is 1. The summed E-state index contributed by atoms with van der Waals surface area (Å²) in [6.45, 7) is 6.12. The van der Waals surface area contributed by atoms with Gasteiger partial charge in [0.25, 0.3) is 0 Å². The Bertz CT molecular complexity index is 478. The predicted molar refractivity (Wildman–Crippen MR) is 72.2 cm³/mol. The van der Waals surface area contributed by atoms with E-state index in [-0.39, 0.29) is 18.0 Å². The maximum absolute atomic E-state index is 13.8. The largest absolute Gasteiger partial charge is 0.478 e. The Morgan fingerprint density at radius 3 is 2.68 bits per heavy atom. The van der Waals surface area contributed by atoms with Gasteiger partial charge < -0.3 is 9.84 Å². The first-order valence-electron chi connectivity index (χ1n) is 6.17. The normalized spacial score (nSPS) is 12.0. The van der Waals surface area contributed by atoms with Crippen LogP contribution in [-0.4, -0.2) is 16.7 Å². The zero-order valence-electron chi connectivity index (χ0n) is 11.4. The van der Waals surface area contributed by atoms with Crippen molar-refractivity contribution in [3.8, 4) is 0 Å². The van der Waals surface area contributed by atoms with Crippen molar-refractivity contribution in [2.75, 3.05) is 0 Å². The Morgan fingerprint density at radius 1 is 1.47 bits per heavy atom. The molecule has 1 rings (SSSR count). The summed E-state index contributed by atoms with van der Waals surface area (Å²) >= 11 is 0. The van der Waals surface area contributed by atoms with Crippen molar-refractivity contribution in [3.05, 3.63) is 41.2 Å². The van der Waals surface area contributed by atoms with Crippen molar-refractivity contribution < 1.29 is 19.0 Å². The first-order chi connectivity index (χ1) is 8.84. The van der Waals surface area contributed by atoms with Gasteiger partial charge in [-0.15, -0.1) is 0 Å². The molecule has 0 unspecified atom stereocenters. The predicted octanol–water partition coefficient (Wildman–Crippen LogP) is 3.63. The summed E-state index contributed by atoms with van der Waals surface area (Å²) in [5.41, 5.74) is 0.696. The molecule has 0 fully saturated rings. The van der Waals surface area contributed by atoms with Gasteiger partial charge in [-0.2, -0.15) is 0 Å². The summed E-state index contributed by atoms with van der Waals surface area (Å²) in [7, 11) is 0. The number of carboxylic acid groups (broad SMARTS) is 1. The van der Waals surface area contributed by atoms with Crippen LogP contribution in [0.5, 0.6) is 0 Å². The number of rotatable bonds is 6. The smallest absolute Gasteiger partial charge is 0.328 e. The maximum atomic E-state index is 13.8. The lowest BCUT2D eigenvalue weighted by Gasteiger charge is -2.23. The minimum atomic E-state index is -1.06. The zero-order chi connectivity index (χ0) is 14.5. The van der Waals surface area contributed by atoms with E-state index in [1.54, 1.807) is 12.1 Å². The molecule has 4 heteroatoms. The van der Waals surface area contributed by atoms with Crippen LogP contribution in [-0.2, 0) is 16.1 Å². The lowest BCUT2D eigenvalue weighted by molar-refractivity contribution is -0.131. The monoisotopic (exact) mass is 266 g/mol. The summed E-state index contributed by atoms with van der Waals surface area (Å²) in [6, 6.07) is 4.58. The van der Waals surface area contributed by atoms with Gasteiger partial charge in [0, 0.05) is 11.6 Å². The van der Waals surface area contributed by atoms with E-state index >= 15 is 0 Å².